The first kappa shape index (κ1) is 16.6. The molecule has 1 aromatic rings. The van der Waals surface area contributed by atoms with Gasteiger partial charge in [0, 0.05) is 23.5 Å². The quantitative estimate of drug-likeness (QED) is 0.581. The molecule has 8 heteroatoms. The van der Waals surface area contributed by atoms with E-state index in [4.69, 9.17) is 10.2 Å². The van der Waals surface area contributed by atoms with E-state index in [1.807, 2.05) is 0 Å². The molecule has 1 rings (SSSR count). The van der Waals surface area contributed by atoms with Crippen LogP contribution in [0.4, 0.5) is 11.4 Å². The van der Waals surface area contributed by atoms with Crippen molar-refractivity contribution in [2.75, 3.05) is 10.6 Å². The largest absolute Gasteiger partial charge is 0.478 e. The summed E-state index contributed by atoms with van der Waals surface area (Å²) in [6, 6.07) is 3.69. The lowest BCUT2D eigenvalue weighted by Crippen LogP contribution is -2.12. The van der Waals surface area contributed by atoms with Crippen molar-refractivity contribution >= 4 is 35.1 Å². The highest BCUT2D eigenvalue weighted by atomic mass is 16.4. The van der Waals surface area contributed by atoms with E-state index in [0.717, 1.165) is 12.2 Å². The summed E-state index contributed by atoms with van der Waals surface area (Å²) in [6.07, 6.45) is 2.41. The number of carboxylic acid groups (broad SMARTS) is 2. The molecule has 8 nitrogen and oxygen atoms in total. The van der Waals surface area contributed by atoms with Crippen LogP contribution in [0.3, 0.4) is 0 Å². The second kappa shape index (κ2) is 7.39. The van der Waals surface area contributed by atoms with Crippen molar-refractivity contribution in [1.29, 1.82) is 0 Å². The number of hydrogen-bond donors (Lipinski definition) is 4. The fraction of sp³-hybridized carbons (Fsp3) is 0. The zero-order valence-electron chi connectivity index (χ0n) is 11.2. The van der Waals surface area contributed by atoms with Gasteiger partial charge in [-0.1, -0.05) is 6.58 Å². The highest BCUT2D eigenvalue weighted by Gasteiger charge is 2.09. The predicted molar refractivity (Wildman–Crippen MR) is 77.6 cm³/mol. The minimum Gasteiger partial charge on any atom is -0.478 e. The molecule has 0 heterocycles. The molecular weight excluding hydrogens is 292 g/mol. The van der Waals surface area contributed by atoms with Crippen LogP contribution in [-0.4, -0.2) is 34.0 Å². The van der Waals surface area contributed by atoms with Crippen molar-refractivity contribution in [3.8, 4) is 0 Å². The van der Waals surface area contributed by atoms with E-state index in [2.05, 4.69) is 17.2 Å². The number of hydrogen-bond acceptors (Lipinski definition) is 4. The zero-order valence-corrected chi connectivity index (χ0v) is 11.2. The lowest BCUT2D eigenvalue weighted by atomic mass is 10.1. The summed E-state index contributed by atoms with van der Waals surface area (Å²) < 4.78 is 0. The third kappa shape index (κ3) is 5.29. The first-order chi connectivity index (χ1) is 10.3. The normalized spacial score (nSPS) is 10.0. The molecule has 1 aromatic carbocycles. The Labute approximate surface area is 124 Å². The number of benzene rings is 1. The van der Waals surface area contributed by atoms with Crippen LogP contribution in [0, 0.1) is 0 Å². The second-order valence-corrected chi connectivity index (χ2v) is 3.96. The Balaban J connectivity index is 3.05. The first-order valence-corrected chi connectivity index (χ1v) is 5.85. The van der Waals surface area contributed by atoms with Crippen molar-refractivity contribution in [3.05, 3.63) is 48.6 Å². The third-order valence-electron chi connectivity index (χ3n) is 2.28. The van der Waals surface area contributed by atoms with Gasteiger partial charge in [0.1, 0.15) is 0 Å². The molecule has 0 aliphatic carbocycles. The number of rotatable bonds is 6. The topological polar surface area (TPSA) is 133 Å². The van der Waals surface area contributed by atoms with Gasteiger partial charge in [-0.05, 0) is 24.3 Å². The van der Waals surface area contributed by atoms with E-state index in [-0.39, 0.29) is 16.9 Å². The number of carbonyl (C=O) groups is 4. The van der Waals surface area contributed by atoms with Gasteiger partial charge in [0.15, 0.2) is 0 Å². The Hall–Kier alpha value is -3.42. The van der Waals surface area contributed by atoms with Crippen LogP contribution >= 0.6 is 0 Å². The average molecular weight is 304 g/mol. The molecule has 0 fully saturated rings. The minimum absolute atomic E-state index is 0.0827. The van der Waals surface area contributed by atoms with Gasteiger partial charge in [-0.3, -0.25) is 9.59 Å². The van der Waals surface area contributed by atoms with Crippen LogP contribution in [0.25, 0.3) is 0 Å². The maximum atomic E-state index is 11.5. The molecule has 0 atom stereocenters. The molecule has 0 aromatic heterocycles. The van der Waals surface area contributed by atoms with Gasteiger partial charge in [-0.25, -0.2) is 9.59 Å². The minimum atomic E-state index is -1.30. The van der Waals surface area contributed by atoms with Crippen LogP contribution < -0.4 is 10.6 Å². The summed E-state index contributed by atoms with van der Waals surface area (Å²) >= 11 is 0. The first-order valence-electron chi connectivity index (χ1n) is 5.85. The number of aromatic carboxylic acids is 1. The lowest BCUT2D eigenvalue weighted by Gasteiger charge is -2.08. The molecule has 0 radical (unpaired) electrons. The molecule has 0 aliphatic heterocycles. The number of carbonyl (C=O) groups excluding carboxylic acids is 2. The van der Waals surface area contributed by atoms with Crippen LogP contribution in [0.15, 0.2) is 43.0 Å². The number of anilines is 2. The molecule has 0 aliphatic rings. The van der Waals surface area contributed by atoms with Crippen LogP contribution in [0.1, 0.15) is 10.4 Å². The number of amides is 2. The summed E-state index contributed by atoms with van der Waals surface area (Å²) in [7, 11) is 0. The van der Waals surface area contributed by atoms with Crippen LogP contribution in [0.5, 0.6) is 0 Å². The Morgan fingerprint density at radius 2 is 1.45 bits per heavy atom. The summed E-state index contributed by atoms with van der Waals surface area (Å²) in [5.74, 6) is -3.86. The molecular formula is C14H12N2O6. The number of nitrogens with one attached hydrogen (secondary N) is 2. The summed E-state index contributed by atoms with van der Waals surface area (Å²) in [6.45, 7) is 3.26. The average Bonchev–Trinajstić information content (AvgIpc) is 2.44. The van der Waals surface area contributed by atoms with Crippen molar-refractivity contribution in [3.63, 3.8) is 0 Å². The van der Waals surface area contributed by atoms with E-state index in [9.17, 15) is 19.2 Å². The highest BCUT2D eigenvalue weighted by Crippen LogP contribution is 2.19. The molecule has 2 amide bonds. The zero-order chi connectivity index (χ0) is 16.7. The molecule has 22 heavy (non-hydrogen) atoms. The molecule has 0 unspecified atom stereocenters. The summed E-state index contributed by atoms with van der Waals surface area (Å²) in [5.41, 5.74) is 0.0565. The van der Waals surface area contributed by atoms with Crippen molar-refractivity contribution in [2.24, 2.45) is 0 Å². The van der Waals surface area contributed by atoms with E-state index in [1.54, 1.807) is 0 Å². The van der Waals surface area contributed by atoms with E-state index >= 15 is 0 Å². The van der Waals surface area contributed by atoms with Gasteiger partial charge in [-0.15, -0.1) is 0 Å². The summed E-state index contributed by atoms with van der Waals surface area (Å²) in [5, 5.41) is 22.1. The Morgan fingerprint density at radius 1 is 0.909 bits per heavy atom. The molecule has 0 saturated carbocycles. The fourth-order valence-corrected chi connectivity index (χ4v) is 1.42. The van der Waals surface area contributed by atoms with Crippen LogP contribution in [-0.2, 0) is 14.4 Å². The lowest BCUT2D eigenvalue weighted by molar-refractivity contribution is -0.131. The van der Waals surface area contributed by atoms with Crippen molar-refractivity contribution < 1.29 is 29.4 Å². The Bertz CT molecular complexity index is 678. The van der Waals surface area contributed by atoms with Gasteiger partial charge < -0.3 is 20.8 Å². The monoisotopic (exact) mass is 304 g/mol. The van der Waals surface area contributed by atoms with E-state index in [0.29, 0.717) is 6.08 Å². The second-order valence-electron chi connectivity index (χ2n) is 3.96. The van der Waals surface area contributed by atoms with Gasteiger partial charge in [0.05, 0.1) is 5.56 Å². The number of carboxylic acids is 2. The number of aliphatic carboxylic acids is 1. The Morgan fingerprint density at radius 3 is 1.91 bits per heavy atom. The van der Waals surface area contributed by atoms with Crippen molar-refractivity contribution in [2.45, 2.75) is 0 Å². The maximum Gasteiger partial charge on any atom is 0.335 e. The molecule has 0 spiro atoms. The van der Waals surface area contributed by atoms with Gasteiger partial charge >= 0.3 is 11.9 Å². The molecule has 0 bridgehead atoms. The van der Waals surface area contributed by atoms with E-state index < -0.39 is 23.8 Å². The third-order valence-corrected chi connectivity index (χ3v) is 2.28. The smallest absolute Gasteiger partial charge is 0.335 e. The van der Waals surface area contributed by atoms with E-state index in [1.165, 1.54) is 18.2 Å². The van der Waals surface area contributed by atoms with Gasteiger partial charge in [0.2, 0.25) is 11.8 Å². The van der Waals surface area contributed by atoms with Gasteiger partial charge in [-0.2, -0.15) is 0 Å². The SMILES string of the molecule is C=CC(=O)Nc1cc(NC(=O)/C=C/C(=O)O)cc(C(=O)O)c1. The van der Waals surface area contributed by atoms with Gasteiger partial charge in [0.25, 0.3) is 0 Å². The highest BCUT2D eigenvalue weighted by molar-refractivity contribution is 6.04. The standard InChI is InChI=1S/C14H12N2O6/c1-2-11(17)15-9-5-8(14(21)22)6-10(7-9)16-12(18)3-4-13(19)20/h2-7H,1H2,(H,15,17)(H,16,18)(H,19,20)(H,21,22)/b4-3+. The molecule has 114 valence electrons. The van der Waals surface area contributed by atoms with Crippen molar-refractivity contribution in [1.82, 2.24) is 0 Å². The fourth-order valence-electron chi connectivity index (χ4n) is 1.42. The summed E-state index contributed by atoms with van der Waals surface area (Å²) in [4.78, 5) is 44.0. The molecule has 0 saturated heterocycles. The Kier molecular flexibility index (Phi) is 5.58. The maximum absolute atomic E-state index is 11.5. The predicted octanol–water partition coefficient (Wildman–Crippen LogP) is 1.09. The molecule has 4 N–H and O–H groups in total. The van der Waals surface area contributed by atoms with Crippen LogP contribution in [0.2, 0.25) is 0 Å².